The zero-order valence-corrected chi connectivity index (χ0v) is 33.4. The molecule has 0 aliphatic heterocycles. The molecule has 12 rings (SSSR count). The van der Waals surface area contributed by atoms with Gasteiger partial charge in [-0.25, -0.2) is 19.9 Å². The highest BCUT2D eigenvalue weighted by Gasteiger charge is 2.18. The van der Waals surface area contributed by atoms with Crippen LogP contribution in [-0.4, -0.2) is 24.9 Å². The maximum Gasteiger partial charge on any atom is 0.164 e. The number of fused-ring (bicyclic) bond motifs is 7. The van der Waals surface area contributed by atoms with Gasteiger partial charge in [0.2, 0.25) is 0 Å². The van der Waals surface area contributed by atoms with E-state index in [2.05, 4.69) is 199 Å². The van der Waals surface area contributed by atoms with Crippen LogP contribution in [0.1, 0.15) is 0 Å². The minimum atomic E-state index is 0.584. The zero-order valence-electron chi connectivity index (χ0n) is 33.4. The molecular weight excluding hydrogens is 755 g/mol. The molecule has 0 saturated heterocycles. The Morgan fingerprint density at radius 3 is 1.48 bits per heavy atom. The van der Waals surface area contributed by atoms with Gasteiger partial charge >= 0.3 is 0 Å². The molecule has 0 unspecified atom stereocenters. The molecule has 288 valence electrons. The molecule has 0 bridgehead atoms. The van der Waals surface area contributed by atoms with Crippen molar-refractivity contribution in [2.75, 3.05) is 0 Å². The molecule has 0 fully saturated rings. The lowest BCUT2D eigenvalue weighted by Crippen LogP contribution is -2.01. The van der Waals surface area contributed by atoms with Crippen molar-refractivity contribution < 1.29 is 0 Å². The van der Waals surface area contributed by atoms with Crippen molar-refractivity contribution in [3.63, 3.8) is 0 Å². The third-order valence-electron chi connectivity index (χ3n) is 11.9. The van der Waals surface area contributed by atoms with Crippen molar-refractivity contribution in [3.8, 4) is 67.7 Å². The second-order valence-electron chi connectivity index (χ2n) is 15.7. The predicted molar refractivity (Wildman–Crippen MR) is 256 cm³/mol. The number of nitrogens with zero attached hydrogens (tertiary/aromatic N) is 5. The first-order valence-electron chi connectivity index (χ1n) is 20.8. The third-order valence-corrected chi connectivity index (χ3v) is 11.9. The Labute approximate surface area is 357 Å². The van der Waals surface area contributed by atoms with E-state index < -0.39 is 0 Å². The monoisotopic (exact) mass is 789 g/mol. The molecule has 5 nitrogen and oxygen atoms in total. The van der Waals surface area contributed by atoms with Crippen molar-refractivity contribution in [2.45, 2.75) is 0 Å². The van der Waals surface area contributed by atoms with E-state index in [0.717, 1.165) is 88.0 Å². The SMILES string of the molecule is c1ccc(-c2nc3cc(-c4cc(-c5cccnc5)cc(-c5nc(-c6ccc7ccccc7c6)nc(-c6ccc7ccccc7c6)n5)c4)ccc3c3c2ccc2ccccc23)cc1. The second-order valence-corrected chi connectivity index (χ2v) is 15.7. The second kappa shape index (κ2) is 14.7. The molecule has 3 aromatic heterocycles. The van der Waals surface area contributed by atoms with E-state index in [1.807, 2.05) is 12.3 Å². The molecule has 3 heterocycles. The fraction of sp³-hybridized carbons (Fsp3) is 0. The lowest BCUT2D eigenvalue weighted by atomic mass is 9.92. The topological polar surface area (TPSA) is 64.5 Å². The Bertz CT molecular complexity index is 3600. The van der Waals surface area contributed by atoms with E-state index in [0.29, 0.717) is 17.5 Å². The fourth-order valence-corrected chi connectivity index (χ4v) is 8.81. The summed E-state index contributed by atoms with van der Waals surface area (Å²) in [5, 5.41) is 10.4. The van der Waals surface area contributed by atoms with Crippen LogP contribution in [0.2, 0.25) is 0 Å². The average molecular weight is 790 g/mol. The van der Waals surface area contributed by atoms with Gasteiger partial charge in [-0.3, -0.25) is 4.98 Å². The molecule has 0 saturated carbocycles. The van der Waals surface area contributed by atoms with Crippen LogP contribution in [0.3, 0.4) is 0 Å². The van der Waals surface area contributed by atoms with Gasteiger partial charge in [0.05, 0.1) is 11.2 Å². The molecule has 62 heavy (non-hydrogen) atoms. The molecule has 12 aromatic rings. The maximum atomic E-state index is 5.42. The highest BCUT2D eigenvalue weighted by atomic mass is 15.0. The van der Waals surface area contributed by atoms with Gasteiger partial charge in [-0.15, -0.1) is 0 Å². The summed E-state index contributed by atoms with van der Waals surface area (Å²) < 4.78 is 0. The summed E-state index contributed by atoms with van der Waals surface area (Å²) in [6.45, 7) is 0. The highest BCUT2D eigenvalue weighted by molar-refractivity contribution is 6.22. The minimum absolute atomic E-state index is 0.584. The van der Waals surface area contributed by atoms with Crippen LogP contribution in [-0.2, 0) is 0 Å². The van der Waals surface area contributed by atoms with Gasteiger partial charge in [0.25, 0.3) is 0 Å². The van der Waals surface area contributed by atoms with E-state index in [-0.39, 0.29) is 0 Å². The van der Waals surface area contributed by atoms with Crippen LogP contribution in [0.5, 0.6) is 0 Å². The van der Waals surface area contributed by atoms with Crippen molar-refractivity contribution >= 4 is 54.0 Å². The summed E-state index contributed by atoms with van der Waals surface area (Å²) in [6, 6.07) is 70.4. The first-order chi connectivity index (χ1) is 30.7. The molecule has 0 aliphatic rings. The lowest BCUT2D eigenvalue weighted by Gasteiger charge is -2.15. The molecule has 0 atom stereocenters. The van der Waals surface area contributed by atoms with Crippen LogP contribution >= 0.6 is 0 Å². The van der Waals surface area contributed by atoms with Gasteiger partial charge in [-0.1, -0.05) is 158 Å². The molecule has 5 heteroatoms. The molecule has 0 radical (unpaired) electrons. The van der Waals surface area contributed by atoms with Crippen LogP contribution in [0.4, 0.5) is 0 Å². The summed E-state index contributed by atoms with van der Waals surface area (Å²) in [5.41, 5.74) is 9.75. The van der Waals surface area contributed by atoms with Crippen molar-refractivity contribution in [1.82, 2.24) is 24.9 Å². The van der Waals surface area contributed by atoms with Gasteiger partial charge < -0.3 is 0 Å². The number of benzene rings is 9. The van der Waals surface area contributed by atoms with Gasteiger partial charge in [0.15, 0.2) is 17.5 Å². The van der Waals surface area contributed by atoms with Crippen LogP contribution < -0.4 is 0 Å². The normalized spacial score (nSPS) is 11.5. The summed E-state index contributed by atoms with van der Waals surface area (Å²) in [6.07, 6.45) is 3.71. The molecule has 9 aromatic carbocycles. The molecular formula is C57H35N5. The Kier molecular flexibility index (Phi) is 8.42. The summed E-state index contributed by atoms with van der Waals surface area (Å²) in [4.78, 5) is 25.6. The van der Waals surface area contributed by atoms with Crippen LogP contribution in [0.15, 0.2) is 213 Å². The Hall–Kier alpha value is -8.41. The third kappa shape index (κ3) is 6.32. The maximum absolute atomic E-state index is 5.42. The first kappa shape index (κ1) is 35.5. The van der Waals surface area contributed by atoms with E-state index in [1.54, 1.807) is 6.20 Å². The minimum Gasteiger partial charge on any atom is -0.264 e. The lowest BCUT2D eigenvalue weighted by molar-refractivity contribution is 1.08. The van der Waals surface area contributed by atoms with E-state index in [1.165, 1.54) is 16.2 Å². The number of rotatable bonds is 6. The van der Waals surface area contributed by atoms with Crippen LogP contribution in [0, 0.1) is 0 Å². The summed E-state index contributed by atoms with van der Waals surface area (Å²) in [5.74, 6) is 1.81. The molecule has 0 aliphatic carbocycles. The molecule has 0 amide bonds. The van der Waals surface area contributed by atoms with Gasteiger partial charge in [0, 0.05) is 56.4 Å². The number of hydrogen-bond donors (Lipinski definition) is 0. The van der Waals surface area contributed by atoms with Crippen molar-refractivity contribution in [1.29, 1.82) is 0 Å². The number of hydrogen-bond acceptors (Lipinski definition) is 5. The van der Waals surface area contributed by atoms with Crippen LogP contribution in [0.25, 0.3) is 122 Å². The fourth-order valence-electron chi connectivity index (χ4n) is 8.81. The van der Waals surface area contributed by atoms with Gasteiger partial charge in [-0.2, -0.15) is 0 Å². The Morgan fingerprint density at radius 1 is 0.274 bits per heavy atom. The quantitative estimate of drug-likeness (QED) is 0.157. The summed E-state index contributed by atoms with van der Waals surface area (Å²) >= 11 is 0. The largest absolute Gasteiger partial charge is 0.264 e. The number of aromatic nitrogens is 5. The van der Waals surface area contributed by atoms with E-state index in [9.17, 15) is 0 Å². The van der Waals surface area contributed by atoms with Gasteiger partial charge in [0.1, 0.15) is 0 Å². The zero-order chi connectivity index (χ0) is 41.0. The first-order valence-corrected chi connectivity index (χ1v) is 20.8. The van der Waals surface area contributed by atoms with Gasteiger partial charge in [-0.05, 0) is 91.5 Å². The molecule has 0 N–H and O–H groups in total. The molecule has 0 spiro atoms. The Balaban J connectivity index is 1.08. The van der Waals surface area contributed by atoms with Crippen molar-refractivity contribution in [2.24, 2.45) is 0 Å². The Morgan fingerprint density at radius 2 is 0.806 bits per heavy atom. The van der Waals surface area contributed by atoms with Crippen molar-refractivity contribution in [3.05, 3.63) is 213 Å². The number of pyridine rings is 2. The standard InChI is InChI=1S/C57H35N5/c1-2-14-39(15-3-1)54-51-27-24-38-13-8-9-19-49(38)53(51)50-26-25-42(34-52(50)59-54)46-31-47(45-18-10-28-58-35-45)33-48(32-46)57-61-55(43-22-20-36-11-4-6-16-40(36)29-43)60-56(62-57)44-23-21-37-12-5-7-17-41(37)30-44/h1-35H. The summed E-state index contributed by atoms with van der Waals surface area (Å²) in [7, 11) is 0. The van der Waals surface area contributed by atoms with E-state index >= 15 is 0 Å². The van der Waals surface area contributed by atoms with E-state index in [4.69, 9.17) is 19.9 Å². The smallest absolute Gasteiger partial charge is 0.164 e. The average Bonchev–Trinajstić information content (AvgIpc) is 3.35. The highest BCUT2D eigenvalue weighted by Crippen LogP contribution is 2.40. The predicted octanol–water partition coefficient (Wildman–Crippen LogP) is 14.4.